The average molecular weight is 369 g/mol. The average Bonchev–Trinajstić information content (AvgIpc) is 2.66. The van der Waals surface area contributed by atoms with Gasteiger partial charge in [0.05, 0.1) is 5.52 Å². The second kappa shape index (κ2) is 7.56. The molecule has 0 aliphatic rings. The van der Waals surface area contributed by atoms with Gasteiger partial charge in [0.15, 0.2) is 0 Å². The Balaban J connectivity index is 1.87. The molecule has 0 bridgehead atoms. The van der Waals surface area contributed by atoms with Crippen LogP contribution in [-0.2, 0) is 10.0 Å². The Morgan fingerprint density at radius 1 is 0.962 bits per heavy atom. The van der Waals surface area contributed by atoms with Crippen LogP contribution in [0.15, 0.2) is 65.7 Å². The molecule has 0 fully saturated rings. The maximum atomic E-state index is 12.9. The number of benzene rings is 2. The summed E-state index contributed by atoms with van der Waals surface area (Å²) in [6.45, 7) is 6.20. The zero-order valence-corrected chi connectivity index (χ0v) is 16.1. The van der Waals surface area contributed by atoms with E-state index in [0.29, 0.717) is 11.4 Å². The zero-order chi connectivity index (χ0) is 18.7. The third-order valence-corrected chi connectivity index (χ3v) is 6.41. The Morgan fingerprint density at radius 3 is 2.31 bits per heavy atom. The molecular weight excluding hydrogens is 344 g/mol. The Hall–Kier alpha value is -2.24. The predicted molar refractivity (Wildman–Crippen MR) is 106 cm³/mol. The summed E-state index contributed by atoms with van der Waals surface area (Å²) < 4.78 is 28.6. The van der Waals surface area contributed by atoms with Gasteiger partial charge in [0.2, 0.25) is 10.0 Å². The lowest BCUT2D eigenvalue weighted by molar-refractivity contribution is 0.567. The Kier molecular flexibility index (Phi) is 5.39. The Labute approximate surface area is 155 Å². The molecule has 0 aliphatic carbocycles. The summed E-state index contributed by atoms with van der Waals surface area (Å²) in [5.41, 5.74) is 2.69. The van der Waals surface area contributed by atoms with Gasteiger partial charge < -0.3 is 0 Å². The molecule has 1 aromatic heterocycles. The standard InChI is InChI=1S/C21H24N2O2S/c1-4-15(2)17-10-12-18(13-11-17)16(3)23-26(24,25)20-9-5-7-19-8-6-14-22-21(19)20/h5-16,23H,4H2,1-3H3. The molecule has 1 heterocycles. The van der Waals surface area contributed by atoms with Crippen molar-refractivity contribution in [2.75, 3.05) is 0 Å². The first-order valence-electron chi connectivity index (χ1n) is 8.88. The number of fused-ring (bicyclic) bond motifs is 1. The molecule has 5 heteroatoms. The van der Waals surface area contributed by atoms with Crippen molar-refractivity contribution < 1.29 is 8.42 Å². The number of nitrogens with zero attached hydrogens (tertiary/aromatic N) is 1. The summed E-state index contributed by atoms with van der Waals surface area (Å²) >= 11 is 0. The summed E-state index contributed by atoms with van der Waals surface area (Å²) in [6.07, 6.45) is 2.69. The van der Waals surface area contributed by atoms with E-state index in [1.165, 1.54) is 5.56 Å². The van der Waals surface area contributed by atoms with E-state index in [1.54, 1.807) is 24.4 Å². The van der Waals surface area contributed by atoms with E-state index in [2.05, 4.69) is 35.7 Å². The van der Waals surface area contributed by atoms with Gasteiger partial charge in [-0.15, -0.1) is 0 Å². The van der Waals surface area contributed by atoms with E-state index >= 15 is 0 Å². The van der Waals surface area contributed by atoms with Crippen LogP contribution >= 0.6 is 0 Å². The zero-order valence-electron chi connectivity index (χ0n) is 15.3. The van der Waals surface area contributed by atoms with Gasteiger partial charge in [0.25, 0.3) is 0 Å². The highest BCUT2D eigenvalue weighted by atomic mass is 32.2. The van der Waals surface area contributed by atoms with E-state index in [0.717, 1.165) is 17.4 Å². The van der Waals surface area contributed by atoms with Crippen LogP contribution in [-0.4, -0.2) is 13.4 Å². The number of aromatic nitrogens is 1. The van der Waals surface area contributed by atoms with Crippen molar-refractivity contribution in [1.82, 2.24) is 9.71 Å². The van der Waals surface area contributed by atoms with Gasteiger partial charge in [-0.05, 0) is 42.5 Å². The molecule has 0 spiro atoms. The molecule has 0 aliphatic heterocycles. The predicted octanol–water partition coefficient (Wildman–Crippen LogP) is 4.79. The second-order valence-corrected chi connectivity index (χ2v) is 8.33. The number of para-hydroxylation sites is 1. The maximum Gasteiger partial charge on any atom is 0.243 e. The van der Waals surface area contributed by atoms with Gasteiger partial charge in [0, 0.05) is 17.6 Å². The van der Waals surface area contributed by atoms with Crippen LogP contribution < -0.4 is 4.72 Å². The van der Waals surface area contributed by atoms with Gasteiger partial charge in [-0.2, -0.15) is 0 Å². The molecule has 26 heavy (non-hydrogen) atoms. The maximum absolute atomic E-state index is 12.9. The van der Waals surface area contributed by atoms with Crippen LogP contribution in [0.4, 0.5) is 0 Å². The molecule has 3 rings (SSSR count). The smallest absolute Gasteiger partial charge is 0.243 e. The van der Waals surface area contributed by atoms with Crippen molar-refractivity contribution in [2.45, 2.75) is 44.0 Å². The minimum absolute atomic E-state index is 0.207. The molecule has 0 amide bonds. The Bertz CT molecular complexity index is 993. The molecule has 2 atom stereocenters. The fraction of sp³-hybridized carbons (Fsp3) is 0.286. The first-order valence-corrected chi connectivity index (χ1v) is 10.4. The first-order chi connectivity index (χ1) is 12.4. The Morgan fingerprint density at radius 2 is 1.62 bits per heavy atom. The van der Waals surface area contributed by atoms with E-state index in [1.807, 2.05) is 31.2 Å². The normalized spacial score (nSPS) is 14.3. The molecule has 0 saturated heterocycles. The van der Waals surface area contributed by atoms with Crippen LogP contribution in [0.1, 0.15) is 50.3 Å². The lowest BCUT2D eigenvalue weighted by atomic mass is 9.96. The molecule has 4 nitrogen and oxygen atoms in total. The summed E-state index contributed by atoms with van der Waals surface area (Å²) in [6, 6.07) is 16.7. The molecule has 3 aromatic rings. The van der Waals surface area contributed by atoms with Crippen LogP contribution in [0.2, 0.25) is 0 Å². The first kappa shape index (κ1) is 18.5. The highest BCUT2D eigenvalue weighted by Gasteiger charge is 2.21. The SMILES string of the molecule is CCC(C)c1ccc(C(C)NS(=O)(=O)c2cccc3cccnc23)cc1. The van der Waals surface area contributed by atoms with Crippen LogP contribution in [0.3, 0.4) is 0 Å². The third-order valence-electron chi connectivity index (χ3n) is 4.84. The van der Waals surface area contributed by atoms with Crippen LogP contribution in [0.25, 0.3) is 10.9 Å². The van der Waals surface area contributed by atoms with E-state index < -0.39 is 10.0 Å². The molecule has 2 aromatic carbocycles. The van der Waals surface area contributed by atoms with Gasteiger partial charge in [0.1, 0.15) is 4.90 Å². The van der Waals surface area contributed by atoms with Crippen molar-refractivity contribution in [3.05, 3.63) is 71.9 Å². The topological polar surface area (TPSA) is 59.1 Å². The quantitative estimate of drug-likeness (QED) is 0.681. The van der Waals surface area contributed by atoms with Gasteiger partial charge in [-0.25, -0.2) is 13.1 Å². The van der Waals surface area contributed by atoms with Crippen molar-refractivity contribution in [3.8, 4) is 0 Å². The van der Waals surface area contributed by atoms with Crippen LogP contribution in [0, 0.1) is 0 Å². The largest absolute Gasteiger partial charge is 0.255 e. The highest BCUT2D eigenvalue weighted by molar-refractivity contribution is 7.89. The van der Waals surface area contributed by atoms with Crippen LogP contribution in [0.5, 0.6) is 0 Å². The number of nitrogens with one attached hydrogen (secondary N) is 1. The summed E-state index contributed by atoms with van der Waals surface area (Å²) in [7, 11) is -3.68. The van der Waals surface area contributed by atoms with Crippen molar-refractivity contribution in [1.29, 1.82) is 0 Å². The second-order valence-electron chi connectivity index (χ2n) is 6.65. The summed E-state index contributed by atoms with van der Waals surface area (Å²) in [4.78, 5) is 4.46. The molecular formula is C21H24N2O2S. The number of pyridine rings is 1. The molecule has 2 unspecified atom stereocenters. The summed E-state index contributed by atoms with van der Waals surface area (Å²) in [5, 5.41) is 0.806. The fourth-order valence-electron chi connectivity index (χ4n) is 3.01. The highest BCUT2D eigenvalue weighted by Crippen LogP contribution is 2.24. The van der Waals surface area contributed by atoms with Crippen molar-refractivity contribution in [3.63, 3.8) is 0 Å². The van der Waals surface area contributed by atoms with Crippen molar-refractivity contribution in [2.24, 2.45) is 0 Å². The lowest BCUT2D eigenvalue weighted by Gasteiger charge is -2.17. The number of hydrogen-bond donors (Lipinski definition) is 1. The minimum atomic E-state index is -3.68. The van der Waals surface area contributed by atoms with Crippen molar-refractivity contribution >= 4 is 20.9 Å². The van der Waals surface area contributed by atoms with E-state index in [-0.39, 0.29) is 10.9 Å². The monoisotopic (exact) mass is 368 g/mol. The molecule has 0 saturated carbocycles. The number of sulfonamides is 1. The molecule has 1 N–H and O–H groups in total. The van der Waals surface area contributed by atoms with E-state index in [4.69, 9.17) is 0 Å². The van der Waals surface area contributed by atoms with Gasteiger partial charge >= 0.3 is 0 Å². The molecule has 0 radical (unpaired) electrons. The fourth-order valence-corrected chi connectivity index (χ4v) is 4.42. The minimum Gasteiger partial charge on any atom is -0.255 e. The third kappa shape index (κ3) is 3.79. The number of hydrogen-bond acceptors (Lipinski definition) is 3. The van der Waals surface area contributed by atoms with E-state index in [9.17, 15) is 8.42 Å². The molecule has 136 valence electrons. The van der Waals surface area contributed by atoms with Gasteiger partial charge in [-0.1, -0.05) is 56.3 Å². The lowest BCUT2D eigenvalue weighted by Crippen LogP contribution is -2.27. The summed E-state index contributed by atoms with van der Waals surface area (Å²) in [5.74, 6) is 0.498. The number of rotatable bonds is 6. The van der Waals surface area contributed by atoms with Gasteiger partial charge in [-0.3, -0.25) is 4.98 Å².